The number of carbonyl (C=O) groups excluding carboxylic acids is 3. The van der Waals surface area contributed by atoms with E-state index in [2.05, 4.69) is 10.6 Å². The Morgan fingerprint density at radius 1 is 1.15 bits per heavy atom. The number of likely N-dealkylation sites (tertiary alicyclic amines) is 1. The van der Waals surface area contributed by atoms with Gasteiger partial charge in [0.2, 0.25) is 11.8 Å². The maximum Gasteiger partial charge on any atom is 0.410 e. The van der Waals surface area contributed by atoms with Crippen molar-refractivity contribution in [3.05, 3.63) is 57.3 Å². The number of thiophene rings is 1. The molecule has 3 atom stereocenters. The molecule has 1 aromatic carbocycles. The molecule has 210 valence electrons. The molecular weight excluding hydrogens is 520 g/mol. The van der Waals surface area contributed by atoms with E-state index in [9.17, 15) is 19.2 Å². The molecule has 0 saturated carbocycles. The minimum Gasteiger partial charge on any atom is -0.465 e. The molecular formula is C28H36N4O6S. The number of hydrogen-bond donors (Lipinski definition) is 3. The van der Waals surface area contributed by atoms with Crippen molar-refractivity contribution in [3.8, 4) is 0 Å². The fourth-order valence-corrected chi connectivity index (χ4v) is 6.08. The molecule has 2 aliphatic rings. The van der Waals surface area contributed by atoms with Crippen LogP contribution in [-0.2, 0) is 40.4 Å². The number of ether oxygens (including phenoxy) is 1. The normalized spacial score (nSPS) is 19.4. The van der Waals surface area contributed by atoms with Gasteiger partial charge in [-0.3, -0.25) is 19.4 Å². The van der Waals surface area contributed by atoms with Crippen LogP contribution in [0.3, 0.4) is 0 Å². The average molecular weight is 557 g/mol. The summed E-state index contributed by atoms with van der Waals surface area (Å²) in [6.07, 6.45) is -0.281. The minimum absolute atomic E-state index is 0.0811. The number of carbonyl (C=O) groups is 4. The van der Waals surface area contributed by atoms with Crippen LogP contribution in [-0.4, -0.2) is 63.1 Å². The molecule has 0 spiro atoms. The van der Waals surface area contributed by atoms with E-state index in [1.165, 1.54) is 21.1 Å². The van der Waals surface area contributed by atoms with Crippen LogP contribution in [0.15, 0.2) is 36.4 Å². The van der Waals surface area contributed by atoms with Gasteiger partial charge in [-0.1, -0.05) is 30.3 Å². The van der Waals surface area contributed by atoms with E-state index in [4.69, 9.17) is 9.84 Å². The molecule has 0 aliphatic carbocycles. The summed E-state index contributed by atoms with van der Waals surface area (Å²) in [5.41, 5.74) is 1.40. The smallest absolute Gasteiger partial charge is 0.410 e. The fourth-order valence-electron chi connectivity index (χ4n) is 4.94. The topological polar surface area (TPSA) is 128 Å². The lowest BCUT2D eigenvalue weighted by Crippen LogP contribution is -2.52. The van der Waals surface area contributed by atoms with Gasteiger partial charge >= 0.3 is 12.2 Å². The first kappa shape index (κ1) is 28.4. The molecule has 0 bridgehead atoms. The van der Waals surface area contributed by atoms with Crippen LogP contribution < -0.4 is 10.6 Å². The molecule has 1 saturated heterocycles. The summed E-state index contributed by atoms with van der Waals surface area (Å²) in [7, 11) is 0. The molecule has 1 unspecified atom stereocenters. The quantitative estimate of drug-likeness (QED) is 0.477. The lowest BCUT2D eigenvalue weighted by atomic mass is 9.96. The van der Waals surface area contributed by atoms with Crippen molar-refractivity contribution in [2.24, 2.45) is 5.92 Å². The fraction of sp³-hybridized carbons (Fsp3) is 0.500. The molecule has 3 N–H and O–H groups in total. The molecule has 2 aromatic rings. The molecule has 11 heteroatoms. The van der Waals surface area contributed by atoms with Gasteiger partial charge in [-0.25, -0.2) is 9.59 Å². The highest BCUT2D eigenvalue weighted by molar-refractivity contribution is 7.12. The number of rotatable bonds is 7. The van der Waals surface area contributed by atoms with Crippen molar-refractivity contribution in [2.75, 3.05) is 6.54 Å². The number of nitrogens with one attached hydrogen (secondary N) is 2. The SMILES string of the molecule is CC(NC(=O)[C@H]1C[C@H](Cc2ccccc2)CN1C(=O)OC(C)(C)C)C(=O)NCc1cc2c(s1)CN(C(=O)O)C2. The van der Waals surface area contributed by atoms with Crippen LogP contribution in [0.4, 0.5) is 9.59 Å². The van der Waals surface area contributed by atoms with Gasteiger partial charge < -0.3 is 20.5 Å². The Morgan fingerprint density at radius 3 is 2.51 bits per heavy atom. The first-order chi connectivity index (χ1) is 18.4. The second-order valence-corrected chi connectivity index (χ2v) is 12.4. The largest absolute Gasteiger partial charge is 0.465 e. The molecule has 0 radical (unpaired) electrons. The van der Waals surface area contributed by atoms with Crippen molar-refractivity contribution in [1.82, 2.24) is 20.4 Å². The number of nitrogens with zero attached hydrogens (tertiary/aromatic N) is 2. The number of fused-ring (bicyclic) bond motifs is 1. The number of carboxylic acid groups (broad SMARTS) is 1. The molecule has 1 aromatic heterocycles. The molecule has 4 rings (SSSR count). The second-order valence-electron chi connectivity index (χ2n) is 11.2. The molecule has 1 fully saturated rings. The van der Waals surface area contributed by atoms with E-state index in [-0.39, 0.29) is 24.3 Å². The van der Waals surface area contributed by atoms with Crippen LogP contribution in [0.1, 0.15) is 55.0 Å². The Hall–Kier alpha value is -3.60. The summed E-state index contributed by atoms with van der Waals surface area (Å²) in [6, 6.07) is 10.3. The predicted octanol–water partition coefficient (Wildman–Crippen LogP) is 3.73. The lowest BCUT2D eigenvalue weighted by Gasteiger charge is -2.28. The first-order valence-corrected chi connectivity index (χ1v) is 13.9. The Morgan fingerprint density at radius 2 is 1.87 bits per heavy atom. The van der Waals surface area contributed by atoms with Crippen molar-refractivity contribution in [2.45, 2.75) is 77.9 Å². The Balaban J connectivity index is 1.34. The zero-order valence-corrected chi connectivity index (χ0v) is 23.5. The highest BCUT2D eigenvalue weighted by atomic mass is 32.1. The zero-order chi connectivity index (χ0) is 28.3. The summed E-state index contributed by atoms with van der Waals surface area (Å²) in [6.45, 7) is 8.36. The van der Waals surface area contributed by atoms with Gasteiger partial charge in [-0.15, -0.1) is 11.3 Å². The number of benzene rings is 1. The van der Waals surface area contributed by atoms with E-state index < -0.39 is 29.9 Å². The van der Waals surface area contributed by atoms with Gasteiger partial charge in [-0.05, 0) is 63.6 Å². The molecule has 39 heavy (non-hydrogen) atoms. The van der Waals surface area contributed by atoms with E-state index in [0.29, 0.717) is 26.1 Å². The van der Waals surface area contributed by atoms with E-state index in [1.54, 1.807) is 27.7 Å². The third kappa shape index (κ3) is 7.29. The molecule has 4 amide bonds. The maximum absolute atomic E-state index is 13.3. The minimum atomic E-state index is -0.947. The van der Waals surface area contributed by atoms with E-state index in [1.807, 2.05) is 36.4 Å². The van der Waals surface area contributed by atoms with Gasteiger partial charge in [0.05, 0.1) is 19.6 Å². The van der Waals surface area contributed by atoms with Gasteiger partial charge in [0, 0.05) is 16.3 Å². The summed E-state index contributed by atoms with van der Waals surface area (Å²) >= 11 is 1.47. The summed E-state index contributed by atoms with van der Waals surface area (Å²) < 4.78 is 5.58. The number of amides is 4. The summed E-state index contributed by atoms with van der Waals surface area (Å²) in [5, 5.41) is 14.8. The van der Waals surface area contributed by atoms with Crippen LogP contribution in [0.5, 0.6) is 0 Å². The maximum atomic E-state index is 13.3. The van der Waals surface area contributed by atoms with Crippen LogP contribution in [0.2, 0.25) is 0 Å². The number of hydrogen-bond acceptors (Lipinski definition) is 6. The van der Waals surface area contributed by atoms with Crippen LogP contribution in [0.25, 0.3) is 0 Å². The Labute approximate surface area is 232 Å². The molecule has 2 aliphatic heterocycles. The average Bonchev–Trinajstić information content (AvgIpc) is 3.55. The highest BCUT2D eigenvalue weighted by Crippen LogP contribution is 2.31. The second kappa shape index (κ2) is 11.6. The summed E-state index contributed by atoms with van der Waals surface area (Å²) in [4.78, 5) is 54.9. The Kier molecular flexibility index (Phi) is 8.48. The Bertz CT molecular complexity index is 1200. The zero-order valence-electron chi connectivity index (χ0n) is 22.7. The van der Waals surface area contributed by atoms with Gasteiger partial charge in [0.1, 0.15) is 17.7 Å². The van der Waals surface area contributed by atoms with Crippen molar-refractivity contribution >= 4 is 35.3 Å². The third-order valence-corrected chi connectivity index (χ3v) is 7.95. The first-order valence-electron chi connectivity index (χ1n) is 13.1. The van der Waals surface area contributed by atoms with Crippen molar-refractivity contribution in [3.63, 3.8) is 0 Å². The molecule has 3 heterocycles. The van der Waals surface area contributed by atoms with E-state index >= 15 is 0 Å². The van der Waals surface area contributed by atoms with Crippen molar-refractivity contribution in [1.29, 1.82) is 0 Å². The summed E-state index contributed by atoms with van der Waals surface area (Å²) in [5.74, 6) is -0.646. The van der Waals surface area contributed by atoms with Gasteiger partial charge in [0.15, 0.2) is 0 Å². The van der Waals surface area contributed by atoms with Gasteiger partial charge in [0.25, 0.3) is 0 Å². The van der Waals surface area contributed by atoms with Crippen LogP contribution >= 0.6 is 11.3 Å². The third-order valence-electron chi connectivity index (χ3n) is 6.79. The molecule has 10 nitrogen and oxygen atoms in total. The highest BCUT2D eigenvalue weighted by Gasteiger charge is 2.42. The standard InChI is InChI=1S/C28H36N4O6S/c1-17(24(33)29-13-21-12-20-15-31(26(35)36)16-23(20)39-21)30-25(34)22-11-19(10-18-8-6-5-7-9-18)14-32(22)27(37)38-28(2,3)4/h5-9,12,17,19,22H,10-11,13-16H2,1-4H3,(H,29,33)(H,30,34)(H,35,36)/t17?,19-,22+/m0/s1. The van der Waals surface area contributed by atoms with Crippen LogP contribution in [0, 0.1) is 5.92 Å². The van der Waals surface area contributed by atoms with Gasteiger partial charge in [-0.2, -0.15) is 0 Å². The monoisotopic (exact) mass is 556 g/mol. The predicted molar refractivity (Wildman–Crippen MR) is 146 cm³/mol. The van der Waals surface area contributed by atoms with E-state index in [0.717, 1.165) is 27.3 Å². The lowest BCUT2D eigenvalue weighted by molar-refractivity contribution is -0.131. The van der Waals surface area contributed by atoms with Crippen molar-refractivity contribution < 1.29 is 29.0 Å².